The lowest BCUT2D eigenvalue weighted by Gasteiger charge is -2.20. The van der Waals surface area contributed by atoms with Crippen molar-refractivity contribution in [2.75, 3.05) is 13.1 Å². The van der Waals surface area contributed by atoms with Gasteiger partial charge in [-0.15, -0.1) is 11.3 Å². The summed E-state index contributed by atoms with van der Waals surface area (Å²) in [5, 5.41) is 2.97. The molecule has 0 radical (unpaired) electrons. The molecule has 0 spiro atoms. The Morgan fingerprint density at radius 2 is 2.21 bits per heavy atom. The van der Waals surface area contributed by atoms with Crippen LogP contribution in [0.25, 0.3) is 0 Å². The molecule has 1 aromatic heterocycles. The second-order valence-electron chi connectivity index (χ2n) is 4.99. The van der Waals surface area contributed by atoms with Crippen LogP contribution in [0.3, 0.4) is 0 Å². The Labute approximate surface area is 124 Å². The van der Waals surface area contributed by atoms with E-state index in [2.05, 4.69) is 19.2 Å². The molecule has 0 fully saturated rings. The van der Waals surface area contributed by atoms with Crippen LogP contribution in [0.2, 0.25) is 4.34 Å². The van der Waals surface area contributed by atoms with E-state index in [1.165, 1.54) is 11.3 Å². The van der Waals surface area contributed by atoms with Gasteiger partial charge in [0.05, 0.1) is 10.9 Å². The van der Waals surface area contributed by atoms with Crippen LogP contribution in [0.5, 0.6) is 0 Å². The highest BCUT2D eigenvalue weighted by molar-refractivity contribution is 7.16. The maximum Gasteiger partial charge on any atom is 0.317 e. The number of amides is 2. The molecule has 1 rings (SSSR count). The molecule has 0 atom stereocenters. The summed E-state index contributed by atoms with van der Waals surface area (Å²) >= 11 is 7.42. The number of carbonyl (C=O) groups is 1. The van der Waals surface area contributed by atoms with Crippen molar-refractivity contribution in [1.29, 1.82) is 0 Å². The fourth-order valence-electron chi connectivity index (χ4n) is 1.77. The molecule has 108 valence electrons. The molecule has 2 amide bonds. The summed E-state index contributed by atoms with van der Waals surface area (Å²) in [6, 6.07) is 3.85. The van der Waals surface area contributed by atoms with Gasteiger partial charge in [0, 0.05) is 18.0 Å². The first-order valence-corrected chi connectivity index (χ1v) is 7.99. The van der Waals surface area contributed by atoms with E-state index in [-0.39, 0.29) is 6.03 Å². The summed E-state index contributed by atoms with van der Waals surface area (Å²) in [6.45, 7) is 8.46. The Morgan fingerprint density at radius 1 is 1.47 bits per heavy atom. The van der Waals surface area contributed by atoms with Crippen LogP contribution in [0.1, 0.15) is 38.5 Å². The molecule has 1 aromatic rings. The molecule has 0 saturated carbocycles. The summed E-state index contributed by atoms with van der Waals surface area (Å²) in [5.41, 5.74) is 0. The summed E-state index contributed by atoms with van der Waals surface area (Å²) in [6.07, 6.45) is 2.18. The molecule has 1 N–H and O–H groups in total. The predicted octanol–water partition coefficient (Wildman–Crippen LogP) is 4.37. The van der Waals surface area contributed by atoms with E-state index in [4.69, 9.17) is 11.6 Å². The van der Waals surface area contributed by atoms with Gasteiger partial charge in [-0.05, 0) is 37.8 Å². The standard InChI is InChI=1S/C14H23ClN2OS/c1-4-17(10-12-7-8-13(15)19-12)14(18)16-9-5-6-11(2)3/h7-8,11H,4-6,9-10H2,1-3H3,(H,16,18). The fourth-order valence-corrected chi connectivity index (χ4v) is 2.87. The summed E-state index contributed by atoms with van der Waals surface area (Å²) in [7, 11) is 0. The lowest BCUT2D eigenvalue weighted by molar-refractivity contribution is 0.198. The number of carbonyl (C=O) groups excluding carboxylic acids is 1. The number of thiophene rings is 1. The van der Waals surface area contributed by atoms with Crippen molar-refractivity contribution in [3.05, 3.63) is 21.3 Å². The zero-order valence-electron chi connectivity index (χ0n) is 11.9. The minimum atomic E-state index is 0.00998. The first-order chi connectivity index (χ1) is 9.02. The van der Waals surface area contributed by atoms with Gasteiger partial charge in [0.1, 0.15) is 0 Å². The molecule has 5 heteroatoms. The molecule has 19 heavy (non-hydrogen) atoms. The summed E-state index contributed by atoms with van der Waals surface area (Å²) in [5.74, 6) is 0.687. The van der Waals surface area contributed by atoms with E-state index >= 15 is 0 Å². The lowest BCUT2D eigenvalue weighted by Crippen LogP contribution is -2.39. The number of halogens is 1. The average Bonchev–Trinajstić information content (AvgIpc) is 2.76. The van der Waals surface area contributed by atoms with Crippen LogP contribution in [0, 0.1) is 5.92 Å². The van der Waals surface area contributed by atoms with Gasteiger partial charge in [0.25, 0.3) is 0 Å². The summed E-state index contributed by atoms with van der Waals surface area (Å²) < 4.78 is 0.767. The number of urea groups is 1. The Bertz CT molecular complexity index is 393. The number of nitrogens with zero attached hydrogens (tertiary/aromatic N) is 1. The number of hydrogen-bond donors (Lipinski definition) is 1. The molecular weight excluding hydrogens is 280 g/mol. The maximum absolute atomic E-state index is 12.0. The third kappa shape index (κ3) is 6.30. The van der Waals surface area contributed by atoms with Crippen molar-refractivity contribution in [2.45, 2.75) is 40.2 Å². The molecule has 0 saturated heterocycles. The van der Waals surface area contributed by atoms with Crippen LogP contribution in [-0.4, -0.2) is 24.0 Å². The Kier molecular flexibility index (Phi) is 7.24. The van der Waals surface area contributed by atoms with Gasteiger partial charge in [-0.3, -0.25) is 0 Å². The van der Waals surface area contributed by atoms with Crippen molar-refractivity contribution < 1.29 is 4.79 Å². The highest BCUT2D eigenvalue weighted by atomic mass is 35.5. The topological polar surface area (TPSA) is 32.3 Å². The molecule has 3 nitrogen and oxygen atoms in total. The van der Waals surface area contributed by atoms with Gasteiger partial charge in [-0.25, -0.2) is 4.79 Å². The van der Waals surface area contributed by atoms with Crippen molar-refractivity contribution in [3.8, 4) is 0 Å². The number of hydrogen-bond acceptors (Lipinski definition) is 2. The molecule has 0 aliphatic heterocycles. The van der Waals surface area contributed by atoms with E-state index < -0.39 is 0 Å². The maximum atomic E-state index is 12.0. The molecule has 1 heterocycles. The second-order valence-corrected chi connectivity index (χ2v) is 6.79. The van der Waals surface area contributed by atoms with Crippen molar-refractivity contribution >= 4 is 29.0 Å². The van der Waals surface area contributed by atoms with Crippen LogP contribution in [0.4, 0.5) is 4.79 Å². The van der Waals surface area contributed by atoms with Crippen molar-refractivity contribution in [3.63, 3.8) is 0 Å². The largest absolute Gasteiger partial charge is 0.338 e. The van der Waals surface area contributed by atoms with E-state index in [9.17, 15) is 4.79 Å². The average molecular weight is 303 g/mol. The van der Waals surface area contributed by atoms with Gasteiger partial charge >= 0.3 is 6.03 Å². The Balaban J connectivity index is 2.35. The first-order valence-electron chi connectivity index (χ1n) is 6.80. The minimum absolute atomic E-state index is 0.00998. The highest BCUT2D eigenvalue weighted by Crippen LogP contribution is 2.22. The third-order valence-electron chi connectivity index (χ3n) is 2.88. The number of rotatable bonds is 7. The monoisotopic (exact) mass is 302 g/mol. The van der Waals surface area contributed by atoms with E-state index in [1.807, 2.05) is 19.1 Å². The smallest absolute Gasteiger partial charge is 0.317 e. The van der Waals surface area contributed by atoms with Crippen molar-refractivity contribution in [2.24, 2.45) is 5.92 Å². The SMILES string of the molecule is CCN(Cc1ccc(Cl)s1)C(=O)NCCCC(C)C. The second kappa shape index (κ2) is 8.43. The molecular formula is C14H23ClN2OS. The minimum Gasteiger partial charge on any atom is -0.338 e. The molecule has 0 bridgehead atoms. The molecule has 0 aliphatic rings. The quantitative estimate of drug-likeness (QED) is 0.745. The van der Waals surface area contributed by atoms with E-state index in [0.717, 1.165) is 28.6 Å². The molecule has 0 unspecified atom stereocenters. The summed E-state index contributed by atoms with van der Waals surface area (Å²) in [4.78, 5) is 14.9. The van der Waals surface area contributed by atoms with E-state index in [0.29, 0.717) is 19.0 Å². The van der Waals surface area contributed by atoms with Gasteiger partial charge < -0.3 is 10.2 Å². The zero-order chi connectivity index (χ0) is 14.3. The Hall–Kier alpha value is -0.740. The predicted molar refractivity (Wildman–Crippen MR) is 82.9 cm³/mol. The van der Waals surface area contributed by atoms with Crippen LogP contribution in [0.15, 0.2) is 12.1 Å². The third-order valence-corrected chi connectivity index (χ3v) is 4.09. The Morgan fingerprint density at radius 3 is 2.74 bits per heavy atom. The van der Waals surface area contributed by atoms with Crippen LogP contribution >= 0.6 is 22.9 Å². The normalized spacial score (nSPS) is 10.8. The zero-order valence-corrected chi connectivity index (χ0v) is 13.5. The highest BCUT2D eigenvalue weighted by Gasteiger charge is 2.12. The van der Waals surface area contributed by atoms with Gasteiger partial charge in [-0.2, -0.15) is 0 Å². The van der Waals surface area contributed by atoms with Gasteiger partial charge in [0.15, 0.2) is 0 Å². The molecule has 0 aliphatic carbocycles. The van der Waals surface area contributed by atoms with Crippen LogP contribution < -0.4 is 5.32 Å². The molecule has 0 aromatic carbocycles. The van der Waals surface area contributed by atoms with Gasteiger partial charge in [-0.1, -0.05) is 25.4 Å². The fraction of sp³-hybridized carbons (Fsp3) is 0.643. The lowest BCUT2D eigenvalue weighted by atomic mass is 10.1. The first kappa shape index (κ1) is 16.3. The van der Waals surface area contributed by atoms with Crippen LogP contribution in [-0.2, 0) is 6.54 Å². The van der Waals surface area contributed by atoms with Crippen molar-refractivity contribution in [1.82, 2.24) is 10.2 Å². The number of nitrogens with one attached hydrogen (secondary N) is 1. The van der Waals surface area contributed by atoms with E-state index in [1.54, 1.807) is 4.90 Å². The van der Waals surface area contributed by atoms with Gasteiger partial charge in [0.2, 0.25) is 0 Å².